The molecule has 0 unspecified atom stereocenters. The van der Waals surface area contributed by atoms with Crippen LogP contribution in [0.3, 0.4) is 0 Å². The van der Waals surface area contributed by atoms with Gasteiger partial charge in [-0.3, -0.25) is 4.79 Å². The summed E-state index contributed by atoms with van der Waals surface area (Å²) < 4.78 is 6.26. The van der Waals surface area contributed by atoms with E-state index in [2.05, 4.69) is 49.1 Å². The minimum atomic E-state index is -0.223. The fraction of sp³-hybridized carbons (Fsp3) is 0.158. The van der Waals surface area contributed by atoms with Gasteiger partial charge in [0.2, 0.25) is 0 Å². The maximum Gasteiger partial charge on any atom is 0.264 e. The second-order valence-corrected chi connectivity index (χ2v) is 8.26. The molecule has 2 aromatic rings. The highest BCUT2D eigenvalue weighted by atomic mass is 79.9. The molecule has 1 saturated heterocycles. The number of methoxy groups -OCH3 is 1. The summed E-state index contributed by atoms with van der Waals surface area (Å²) >= 11 is 8.00. The number of phenols is 1. The van der Waals surface area contributed by atoms with E-state index in [0.717, 1.165) is 12.1 Å². The number of phenolic OH excluding ortho intramolecular Hbond substituents is 1. The van der Waals surface area contributed by atoms with E-state index < -0.39 is 0 Å². The molecule has 0 spiro atoms. The molecule has 0 aromatic heterocycles. The number of amides is 1. The standard InChI is InChI=1S/C19H16Br2N2O3S/c1-3-10-4-6-12(7-5-10)22-19-23-18(25)14(27-19)9-11-8-13(26-2)17(24)16(21)15(11)20/h4-9,24H,3H2,1-2H3,(H,22,23,25). The lowest BCUT2D eigenvalue weighted by molar-refractivity contribution is -0.115. The van der Waals surface area contributed by atoms with Crippen LogP contribution in [0.2, 0.25) is 0 Å². The highest BCUT2D eigenvalue weighted by Crippen LogP contribution is 2.43. The van der Waals surface area contributed by atoms with Crippen LogP contribution in [0.15, 0.2) is 49.2 Å². The first-order chi connectivity index (χ1) is 12.9. The van der Waals surface area contributed by atoms with E-state index in [9.17, 15) is 9.90 Å². The number of carbonyl (C=O) groups excluding carboxylic acids is 1. The highest BCUT2D eigenvalue weighted by molar-refractivity contribution is 9.13. The number of aromatic hydroxyl groups is 1. The number of aryl methyl sites for hydroxylation is 1. The summed E-state index contributed by atoms with van der Waals surface area (Å²) in [4.78, 5) is 17.3. The Hall–Kier alpha value is -1.77. The zero-order valence-electron chi connectivity index (χ0n) is 14.5. The maximum atomic E-state index is 12.3. The zero-order chi connectivity index (χ0) is 19.6. The molecule has 1 aliphatic heterocycles. The van der Waals surface area contributed by atoms with Crippen LogP contribution in [-0.2, 0) is 11.2 Å². The van der Waals surface area contributed by atoms with Crippen LogP contribution in [0.4, 0.5) is 5.69 Å². The van der Waals surface area contributed by atoms with E-state index in [0.29, 0.717) is 30.3 Å². The van der Waals surface area contributed by atoms with E-state index in [-0.39, 0.29) is 11.7 Å². The second kappa shape index (κ2) is 8.50. The Morgan fingerprint density at radius 3 is 2.59 bits per heavy atom. The third kappa shape index (κ3) is 4.39. The molecule has 27 heavy (non-hydrogen) atoms. The van der Waals surface area contributed by atoms with Gasteiger partial charge < -0.3 is 15.2 Å². The van der Waals surface area contributed by atoms with Crippen LogP contribution < -0.4 is 10.1 Å². The van der Waals surface area contributed by atoms with E-state index in [4.69, 9.17) is 4.74 Å². The molecular weight excluding hydrogens is 496 g/mol. The van der Waals surface area contributed by atoms with Crippen LogP contribution >= 0.6 is 43.6 Å². The van der Waals surface area contributed by atoms with Gasteiger partial charge in [-0.25, -0.2) is 4.99 Å². The summed E-state index contributed by atoms with van der Waals surface area (Å²) in [7, 11) is 1.47. The Labute approximate surface area is 178 Å². The molecule has 0 bridgehead atoms. The number of benzene rings is 2. The van der Waals surface area contributed by atoms with Gasteiger partial charge in [-0.2, -0.15) is 0 Å². The Kier molecular flexibility index (Phi) is 6.29. The normalized spacial score (nSPS) is 16.8. The summed E-state index contributed by atoms with van der Waals surface area (Å²) in [6.07, 6.45) is 2.69. The monoisotopic (exact) mass is 510 g/mol. The van der Waals surface area contributed by atoms with Crippen molar-refractivity contribution >= 4 is 66.5 Å². The van der Waals surface area contributed by atoms with Crippen molar-refractivity contribution in [2.75, 3.05) is 7.11 Å². The van der Waals surface area contributed by atoms with Crippen molar-refractivity contribution < 1.29 is 14.6 Å². The van der Waals surface area contributed by atoms with Gasteiger partial charge in [-0.15, -0.1) is 0 Å². The number of hydrogen-bond donors (Lipinski definition) is 2. The molecule has 5 nitrogen and oxygen atoms in total. The third-order valence-corrected chi connectivity index (χ3v) is 6.98. The second-order valence-electron chi connectivity index (χ2n) is 5.65. The van der Waals surface area contributed by atoms with Crippen molar-refractivity contribution in [2.45, 2.75) is 13.3 Å². The van der Waals surface area contributed by atoms with Gasteiger partial charge in [0.05, 0.1) is 22.2 Å². The van der Waals surface area contributed by atoms with Crippen LogP contribution in [0.1, 0.15) is 18.1 Å². The first-order valence-corrected chi connectivity index (χ1v) is 10.5. The van der Waals surface area contributed by atoms with E-state index in [1.165, 1.54) is 24.4 Å². The Morgan fingerprint density at radius 1 is 1.26 bits per heavy atom. The predicted octanol–water partition coefficient (Wildman–Crippen LogP) is 5.38. The van der Waals surface area contributed by atoms with Crippen molar-refractivity contribution in [2.24, 2.45) is 4.99 Å². The molecule has 1 amide bonds. The van der Waals surface area contributed by atoms with Crippen molar-refractivity contribution in [1.29, 1.82) is 0 Å². The third-order valence-electron chi connectivity index (χ3n) is 3.91. The van der Waals surface area contributed by atoms with Gasteiger partial charge in [0, 0.05) is 4.47 Å². The smallest absolute Gasteiger partial charge is 0.264 e. The lowest BCUT2D eigenvalue weighted by Crippen LogP contribution is -2.19. The summed E-state index contributed by atoms with van der Waals surface area (Å²) in [5.41, 5.74) is 2.72. The van der Waals surface area contributed by atoms with Crippen molar-refractivity contribution in [1.82, 2.24) is 5.32 Å². The molecule has 140 valence electrons. The summed E-state index contributed by atoms with van der Waals surface area (Å²) in [6, 6.07) is 9.56. The Morgan fingerprint density at radius 2 is 1.96 bits per heavy atom. The summed E-state index contributed by atoms with van der Waals surface area (Å²) in [5.74, 6) is 0.0806. The first-order valence-electron chi connectivity index (χ1n) is 8.06. The number of thioether (sulfide) groups is 1. The molecule has 8 heteroatoms. The molecule has 2 aromatic carbocycles. The summed E-state index contributed by atoms with van der Waals surface area (Å²) in [6.45, 7) is 2.10. The fourth-order valence-corrected chi connectivity index (χ4v) is 4.09. The number of nitrogens with one attached hydrogen (secondary N) is 1. The van der Waals surface area contributed by atoms with E-state index in [1.807, 2.05) is 24.3 Å². The molecule has 1 aliphatic rings. The first kappa shape index (κ1) is 20.0. The quantitative estimate of drug-likeness (QED) is 0.540. The molecule has 0 atom stereocenters. The van der Waals surface area contributed by atoms with Crippen LogP contribution in [0.25, 0.3) is 6.08 Å². The largest absolute Gasteiger partial charge is 0.503 e. The number of hydrogen-bond acceptors (Lipinski definition) is 5. The number of carbonyl (C=O) groups is 1. The number of amidine groups is 1. The minimum Gasteiger partial charge on any atom is -0.503 e. The molecule has 2 N–H and O–H groups in total. The molecular formula is C19H16Br2N2O3S. The number of rotatable bonds is 4. The fourth-order valence-electron chi connectivity index (χ4n) is 2.42. The predicted molar refractivity (Wildman–Crippen MR) is 117 cm³/mol. The van der Waals surface area contributed by atoms with Crippen LogP contribution in [0, 0.1) is 0 Å². The van der Waals surface area contributed by atoms with Gasteiger partial charge in [0.15, 0.2) is 16.7 Å². The average molecular weight is 512 g/mol. The topological polar surface area (TPSA) is 70.9 Å². The lowest BCUT2D eigenvalue weighted by atomic mass is 10.2. The molecule has 0 saturated carbocycles. The Bertz CT molecular complexity index is 956. The van der Waals surface area contributed by atoms with E-state index >= 15 is 0 Å². The lowest BCUT2D eigenvalue weighted by Gasteiger charge is -2.10. The molecule has 1 heterocycles. The number of halogens is 2. The van der Waals surface area contributed by atoms with Gasteiger partial charge in [0.25, 0.3) is 5.91 Å². The van der Waals surface area contributed by atoms with Crippen LogP contribution in [0.5, 0.6) is 11.5 Å². The van der Waals surface area contributed by atoms with Crippen molar-refractivity contribution in [3.05, 3.63) is 55.3 Å². The molecule has 1 fully saturated rings. The number of nitrogens with zero attached hydrogens (tertiary/aromatic N) is 1. The molecule has 3 rings (SSSR count). The van der Waals surface area contributed by atoms with Gasteiger partial charge >= 0.3 is 0 Å². The highest BCUT2D eigenvalue weighted by Gasteiger charge is 2.25. The van der Waals surface area contributed by atoms with E-state index in [1.54, 1.807) is 12.1 Å². The van der Waals surface area contributed by atoms with Gasteiger partial charge in [-0.1, -0.05) is 19.1 Å². The van der Waals surface area contributed by atoms with Gasteiger partial charge in [-0.05, 0) is 85.4 Å². The average Bonchev–Trinajstić information content (AvgIpc) is 3.01. The number of ether oxygens (including phenoxy) is 1. The maximum absolute atomic E-state index is 12.3. The molecule has 0 radical (unpaired) electrons. The number of aliphatic imine (C=N–C) groups is 1. The van der Waals surface area contributed by atoms with Crippen molar-refractivity contribution in [3.63, 3.8) is 0 Å². The Balaban J connectivity index is 1.89. The van der Waals surface area contributed by atoms with Gasteiger partial charge in [0.1, 0.15) is 0 Å². The summed E-state index contributed by atoms with van der Waals surface area (Å²) in [5, 5.41) is 13.3. The SMILES string of the molecule is CCc1ccc(N=C2NC(=O)C(=Cc3cc(OC)c(O)c(Br)c3Br)S2)cc1. The minimum absolute atomic E-state index is 0.00664. The van der Waals surface area contributed by atoms with Crippen LogP contribution in [-0.4, -0.2) is 23.3 Å². The molecule has 0 aliphatic carbocycles. The van der Waals surface area contributed by atoms with Crippen molar-refractivity contribution in [3.8, 4) is 11.5 Å². The zero-order valence-corrected chi connectivity index (χ0v) is 18.5.